The van der Waals surface area contributed by atoms with Crippen LogP contribution in [0.25, 0.3) is 11.0 Å². The summed E-state index contributed by atoms with van der Waals surface area (Å²) in [5, 5.41) is 2.80. The molecule has 5 nitrogen and oxygen atoms in total. The first-order valence-corrected chi connectivity index (χ1v) is 6.67. The minimum Gasteiger partial charge on any atom is -0.325 e. The minimum absolute atomic E-state index is 0.0171. The molecule has 21 heavy (non-hydrogen) atoms. The highest BCUT2D eigenvalue weighted by Gasteiger charge is 2.10. The average molecular weight is 281 g/mol. The summed E-state index contributed by atoms with van der Waals surface area (Å²) in [5.74, 6) is -0.229. The molecule has 0 saturated heterocycles. The molecule has 0 aliphatic carbocycles. The molecule has 106 valence electrons. The monoisotopic (exact) mass is 281 g/mol. The fraction of sp³-hybridized carbons (Fsp3) is 0.125. The van der Waals surface area contributed by atoms with Gasteiger partial charge in [-0.05, 0) is 36.8 Å². The number of amides is 1. The fourth-order valence-electron chi connectivity index (χ4n) is 2.33. The van der Waals surface area contributed by atoms with Crippen LogP contribution in [0.15, 0.2) is 53.3 Å². The molecule has 0 atom stereocenters. The van der Waals surface area contributed by atoms with E-state index in [4.69, 9.17) is 0 Å². The molecule has 0 saturated carbocycles. The van der Waals surface area contributed by atoms with E-state index < -0.39 is 0 Å². The first kappa shape index (κ1) is 13.2. The Bertz CT molecular complexity index is 861. The van der Waals surface area contributed by atoms with Crippen LogP contribution in [-0.4, -0.2) is 15.5 Å². The van der Waals surface area contributed by atoms with E-state index in [9.17, 15) is 9.59 Å². The smallest absolute Gasteiger partial charge is 0.325 e. The number of nitrogens with one attached hydrogen (secondary N) is 2. The second-order valence-corrected chi connectivity index (χ2v) is 4.95. The zero-order chi connectivity index (χ0) is 14.8. The van der Waals surface area contributed by atoms with Crippen LogP contribution in [-0.2, 0) is 11.3 Å². The van der Waals surface area contributed by atoms with Gasteiger partial charge < -0.3 is 10.3 Å². The molecule has 5 heteroatoms. The second kappa shape index (κ2) is 5.28. The van der Waals surface area contributed by atoms with Gasteiger partial charge in [0.1, 0.15) is 6.54 Å². The van der Waals surface area contributed by atoms with Crippen LogP contribution in [0.3, 0.4) is 0 Å². The van der Waals surface area contributed by atoms with Gasteiger partial charge in [0.25, 0.3) is 0 Å². The Balaban J connectivity index is 1.84. The molecule has 2 N–H and O–H groups in total. The summed E-state index contributed by atoms with van der Waals surface area (Å²) in [6.07, 6.45) is 0. The number of fused-ring (bicyclic) bond motifs is 1. The van der Waals surface area contributed by atoms with Crippen LogP contribution in [0.5, 0.6) is 0 Å². The number of carbonyl (C=O) groups is 1. The number of hydrogen-bond acceptors (Lipinski definition) is 2. The number of rotatable bonds is 3. The molecule has 0 aliphatic rings. The number of aromatic nitrogens is 2. The van der Waals surface area contributed by atoms with Gasteiger partial charge in [-0.1, -0.05) is 24.3 Å². The molecule has 1 heterocycles. The van der Waals surface area contributed by atoms with Crippen LogP contribution in [0.1, 0.15) is 5.56 Å². The first-order valence-electron chi connectivity index (χ1n) is 6.67. The minimum atomic E-state index is -0.282. The number of aromatic amines is 1. The van der Waals surface area contributed by atoms with Gasteiger partial charge in [0, 0.05) is 5.69 Å². The quantitative estimate of drug-likeness (QED) is 0.773. The van der Waals surface area contributed by atoms with Crippen molar-refractivity contribution in [2.24, 2.45) is 0 Å². The third-order valence-corrected chi connectivity index (χ3v) is 3.29. The third-order valence-electron chi connectivity index (χ3n) is 3.29. The molecule has 2 aromatic carbocycles. The maximum absolute atomic E-state index is 12.1. The van der Waals surface area contributed by atoms with Gasteiger partial charge in [-0.2, -0.15) is 0 Å². The highest BCUT2D eigenvalue weighted by atomic mass is 16.2. The number of imidazole rings is 1. The molecular weight excluding hydrogens is 266 g/mol. The lowest BCUT2D eigenvalue weighted by atomic mass is 10.2. The highest BCUT2D eigenvalue weighted by Crippen LogP contribution is 2.11. The lowest BCUT2D eigenvalue weighted by molar-refractivity contribution is -0.116. The van der Waals surface area contributed by atoms with Gasteiger partial charge in [0.15, 0.2) is 0 Å². The third kappa shape index (κ3) is 2.72. The van der Waals surface area contributed by atoms with Crippen molar-refractivity contribution in [3.05, 3.63) is 64.6 Å². The molecule has 0 fully saturated rings. The number of hydrogen-bond donors (Lipinski definition) is 2. The summed E-state index contributed by atoms with van der Waals surface area (Å²) in [4.78, 5) is 26.7. The van der Waals surface area contributed by atoms with Crippen molar-refractivity contribution >= 4 is 22.6 Å². The number of H-pyrrole nitrogens is 1. The Morgan fingerprint density at radius 3 is 2.81 bits per heavy atom. The number of nitrogens with zero attached hydrogens (tertiary/aromatic N) is 1. The number of anilines is 1. The molecule has 3 aromatic rings. The first-order chi connectivity index (χ1) is 10.1. The Morgan fingerprint density at radius 2 is 2.00 bits per heavy atom. The van der Waals surface area contributed by atoms with Gasteiger partial charge in [0.2, 0.25) is 5.91 Å². The summed E-state index contributed by atoms with van der Waals surface area (Å²) in [5.41, 5.74) is 2.97. The maximum atomic E-state index is 12.1. The predicted octanol–water partition coefficient (Wildman–Crippen LogP) is 2.28. The molecule has 1 amide bonds. The Kier molecular flexibility index (Phi) is 3.31. The number of carbonyl (C=O) groups excluding carboxylic acids is 1. The van der Waals surface area contributed by atoms with Crippen molar-refractivity contribution in [1.82, 2.24) is 9.55 Å². The molecule has 0 bridgehead atoms. The van der Waals surface area contributed by atoms with Crippen molar-refractivity contribution in [1.29, 1.82) is 0 Å². The molecule has 1 aromatic heterocycles. The Morgan fingerprint density at radius 1 is 1.19 bits per heavy atom. The van der Waals surface area contributed by atoms with Crippen LogP contribution < -0.4 is 11.0 Å². The van der Waals surface area contributed by atoms with E-state index in [0.717, 1.165) is 22.3 Å². The summed E-state index contributed by atoms with van der Waals surface area (Å²) >= 11 is 0. The number of benzene rings is 2. The Labute approximate surface area is 121 Å². The summed E-state index contributed by atoms with van der Waals surface area (Å²) in [6, 6.07) is 14.8. The van der Waals surface area contributed by atoms with Gasteiger partial charge >= 0.3 is 5.69 Å². The number of para-hydroxylation sites is 2. The van der Waals surface area contributed by atoms with Crippen LogP contribution >= 0.6 is 0 Å². The van der Waals surface area contributed by atoms with Gasteiger partial charge in [-0.15, -0.1) is 0 Å². The van der Waals surface area contributed by atoms with Crippen molar-refractivity contribution in [3.8, 4) is 0 Å². The maximum Gasteiger partial charge on any atom is 0.326 e. The van der Waals surface area contributed by atoms with E-state index in [-0.39, 0.29) is 18.1 Å². The average Bonchev–Trinajstić information content (AvgIpc) is 2.75. The highest BCUT2D eigenvalue weighted by molar-refractivity contribution is 5.91. The normalized spacial score (nSPS) is 10.7. The Hall–Kier alpha value is -2.82. The van der Waals surface area contributed by atoms with Crippen molar-refractivity contribution in [2.75, 3.05) is 5.32 Å². The molecule has 3 rings (SSSR count). The predicted molar refractivity (Wildman–Crippen MR) is 82.4 cm³/mol. The van der Waals surface area contributed by atoms with Crippen molar-refractivity contribution in [3.63, 3.8) is 0 Å². The molecule has 0 spiro atoms. The lowest BCUT2D eigenvalue weighted by Gasteiger charge is -2.07. The van der Waals surface area contributed by atoms with Crippen LogP contribution in [0.2, 0.25) is 0 Å². The van der Waals surface area contributed by atoms with Gasteiger partial charge in [-0.25, -0.2) is 4.79 Å². The van der Waals surface area contributed by atoms with Crippen LogP contribution in [0, 0.1) is 6.92 Å². The van der Waals surface area contributed by atoms with Gasteiger partial charge in [-0.3, -0.25) is 9.36 Å². The summed E-state index contributed by atoms with van der Waals surface area (Å²) in [7, 11) is 0. The molecule has 0 radical (unpaired) electrons. The van der Waals surface area contributed by atoms with E-state index in [0.29, 0.717) is 0 Å². The van der Waals surface area contributed by atoms with E-state index in [2.05, 4.69) is 10.3 Å². The second-order valence-electron chi connectivity index (χ2n) is 4.95. The topological polar surface area (TPSA) is 66.9 Å². The van der Waals surface area contributed by atoms with Crippen molar-refractivity contribution < 1.29 is 4.79 Å². The zero-order valence-electron chi connectivity index (χ0n) is 11.6. The summed E-state index contributed by atoms with van der Waals surface area (Å²) < 4.78 is 1.43. The zero-order valence-corrected chi connectivity index (χ0v) is 11.6. The SMILES string of the molecule is Cc1cccc(NC(=O)Cn2c(=O)[nH]c3ccccc32)c1. The largest absolute Gasteiger partial charge is 0.326 e. The molecule has 0 aliphatic heterocycles. The van der Waals surface area contributed by atoms with Crippen molar-refractivity contribution in [2.45, 2.75) is 13.5 Å². The standard InChI is InChI=1S/C16H15N3O2/c1-11-5-4-6-12(9-11)17-15(20)10-19-14-8-3-2-7-13(14)18-16(19)21/h2-9H,10H2,1H3,(H,17,20)(H,18,21). The van der Waals surface area contributed by atoms with E-state index in [1.165, 1.54) is 4.57 Å². The van der Waals surface area contributed by atoms with E-state index in [1.54, 1.807) is 0 Å². The molecule has 0 unspecified atom stereocenters. The van der Waals surface area contributed by atoms with E-state index >= 15 is 0 Å². The van der Waals surface area contributed by atoms with Crippen LogP contribution in [0.4, 0.5) is 5.69 Å². The van der Waals surface area contributed by atoms with Gasteiger partial charge in [0.05, 0.1) is 11.0 Å². The number of aryl methyl sites for hydroxylation is 1. The fourth-order valence-corrected chi connectivity index (χ4v) is 2.33. The lowest BCUT2D eigenvalue weighted by Crippen LogP contribution is -2.25. The summed E-state index contributed by atoms with van der Waals surface area (Å²) in [6.45, 7) is 1.94. The molecular formula is C16H15N3O2. The van der Waals surface area contributed by atoms with E-state index in [1.807, 2.05) is 55.5 Å².